The predicted molar refractivity (Wildman–Crippen MR) is 109 cm³/mol. The molecule has 1 aliphatic heterocycles. The lowest BCUT2D eigenvalue weighted by atomic mass is 10.1. The molecule has 0 saturated heterocycles. The summed E-state index contributed by atoms with van der Waals surface area (Å²) < 4.78 is 5.53. The Morgan fingerprint density at radius 2 is 1.55 bits per heavy atom. The fourth-order valence-corrected chi connectivity index (χ4v) is 3.29. The Kier molecular flexibility index (Phi) is 4.66. The van der Waals surface area contributed by atoms with Gasteiger partial charge in [0.05, 0.1) is 32.7 Å². The summed E-state index contributed by atoms with van der Waals surface area (Å²) in [4.78, 5) is 47.4. The van der Waals surface area contributed by atoms with Gasteiger partial charge in [0.25, 0.3) is 17.5 Å². The molecule has 0 N–H and O–H groups in total. The third-order valence-corrected chi connectivity index (χ3v) is 4.79. The summed E-state index contributed by atoms with van der Waals surface area (Å²) >= 11 is 0. The van der Waals surface area contributed by atoms with Crippen molar-refractivity contribution in [3.05, 3.63) is 97.6 Å². The third-order valence-electron chi connectivity index (χ3n) is 4.79. The summed E-state index contributed by atoms with van der Waals surface area (Å²) in [7, 11) is 0. The number of fused-ring (bicyclic) bond motifs is 1. The highest BCUT2D eigenvalue weighted by Gasteiger charge is 2.37. The largest absolute Gasteiger partial charge is 0.450 e. The minimum absolute atomic E-state index is 0.0727. The lowest BCUT2D eigenvalue weighted by Crippen LogP contribution is -2.29. The SMILES string of the molecule is Cc1ccccc1N1C(=O)c2ccc(Oc3ccc([N+](=O)[O-])cc3[N+](=O)[O-])cc2C1=O. The number of aryl methyl sites for hydroxylation is 1. The molecule has 0 atom stereocenters. The fourth-order valence-electron chi connectivity index (χ4n) is 3.29. The first-order chi connectivity index (χ1) is 14.8. The van der Waals surface area contributed by atoms with Crippen molar-refractivity contribution in [2.24, 2.45) is 0 Å². The maximum Gasteiger partial charge on any atom is 0.318 e. The lowest BCUT2D eigenvalue weighted by molar-refractivity contribution is -0.394. The van der Waals surface area contributed by atoms with Crippen LogP contribution in [0.5, 0.6) is 11.5 Å². The molecule has 0 fully saturated rings. The van der Waals surface area contributed by atoms with E-state index in [1.54, 1.807) is 31.2 Å². The van der Waals surface area contributed by atoms with E-state index in [2.05, 4.69) is 0 Å². The quantitative estimate of drug-likeness (QED) is 0.340. The molecular weight excluding hydrogens is 406 g/mol. The van der Waals surface area contributed by atoms with Crippen LogP contribution in [0.3, 0.4) is 0 Å². The molecule has 0 spiro atoms. The molecule has 0 radical (unpaired) electrons. The van der Waals surface area contributed by atoms with Crippen molar-refractivity contribution >= 4 is 28.9 Å². The van der Waals surface area contributed by atoms with Gasteiger partial charge in [-0.15, -0.1) is 0 Å². The fraction of sp³-hybridized carbons (Fsp3) is 0.0476. The molecule has 3 aromatic rings. The van der Waals surface area contributed by atoms with E-state index in [1.807, 2.05) is 0 Å². The number of hydrogen-bond donors (Lipinski definition) is 0. The zero-order chi connectivity index (χ0) is 22.3. The number of non-ortho nitro benzene ring substituents is 1. The Bertz CT molecular complexity index is 1290. The van der Waals surface area contributed by atoms with Gasteiger partial charge >= 0.3 is 5.69 Å². The number of rotatable bonds is 5. The van der Waals surface area contributed by atoms with Crippen molar-refractivity contribution in [3.8, 4) is 11.5 Å². The molecule has 154 valence electrons. The molecule has 10 nitrogen and oxygen atoms in total. The van der Waals surface area contributed by atoms with Crippen LogP contribution in [0.1, 0.15) is 26.3 Å². The topological polar surface area (TPSA) is 133 Å². The number of imide groups is 1. The Morgan fingerprint density at radius 3 is 2.23 bits per heavy atom. The molecule has 4 rings (SSSR count). The van der Waals surface area contributed by atoms with Crippen LogP contribution < -0.4 is 9.64 Å². The second kappa shape index (κ2) is 7.34. The summed E-state index contributed by atoms with van der Waals surface area (Å²) in [6.07, 6.45) is 0. The Hall–Kier alpha value is -4.60. The molecule has 1 heterocycles. The number of para-hydroxylation sites is 1. The van der Waals surface area contributed by atoms with E-state index in [0.717, 1.165) is 28.7 Å². The normalized spacial score (nSPS) is 12.6. The lowest BCUT2D eigenvalue weighted by Gasteiger charge is -2.16. The van der Waals surface area contributed by atoms with E-state index in [9.17, 15) is 29.8 Å². The molecule has 0 bridgehead atoms. The number of amides is 2. The van der Waals surface area contributed by atoms with Crippen LogP contribution in [0.25, 0.3) is 0 Å². The van der Waals surface area contributed by atoms with E-state index in [4.69, 9.17) is 4.74 Å². The molecule has 0 saturated carbocycles. The van der Waals surface area contributed by atoms with Gasteiger partial charge in [-0.1, -0.05) is 18.2 Å². The summed E-state index contributed by atoms with van der Waals surface area (Å²) in [6.45, 7) is 1.78. The minimum Gasteiger partial charge on any atom is -0.450 e. The summed E-state index contributed by atoms with van der Waals surface area (Å²) in [5.41, 5.74) is 0.424. The van der Waals surface area contributed by atoms with E-state index >= 15 is 0 Å². The number of carbonyl (C=O) groups is 2. The molecule has 0 aliphatic carbocycles. The van der Waals surface area contributed by atoms with E-state index in [-0.39, 0.29) is 22.6 Å². The number of carbonyl (C=O) groups excluding carboxylic acids is 2. The van der Waals surface area contributed by atoms with Gasteiger partial charge in [0, 0.05) is 6.07 Å². The zero-order valence-corrected chi connectivity index (χ0v) is 16.0. The van der Waals surface area contributed by atoms with E-state index < -0.39 is 33.0 Å². The average molecular weight is 419 g/mol. The second-order valence-corrected chi connectivity index (χ2v) is 6.71. The molecule has 1 aliphatic rings. The first kappa shape index (κ1) is 19.7. The predicted octanol–water partition coefficient (Wildman–Crippen LogP) is 4.40. The first-order valence-corrected chi connectivity index (χ1v) is 8.97. The van der Waals surface area contributed by atoms with Gasteiger partial charge in [-0.05, 0) is 42.8 Å². The number of anilines is 1. The molecule has 2 amide bonds. The van der Waals surface area contributed by atoms with Crippen LogP contribution in [-0.2, 0) is 0 Å². The van der Waals surface area contributed by atoms with Crippen LogP contribution in [0, 0.1) is 27.2 Å². The van der Waals surface area contributed by atoms with Gasteiger partial charge in [-0.3, -0.25) is 29.8 Å². The van der Waals surface area contributed by atoms with Crippen LogP contribution in [0.2, 0.25) is 0 Å². The van der Waals surface area contributed by atoms with Gasteiger partial charge in [0.1, 0.15) is 5.75 Å². The molecule has 3 aromatic carbocycles. The van der Waals surface area contributed by atoms with Crippen LogP contribution in [0.4, 0.5) is 17.1 Å². The highest BCUT2D eigenvalue weighted by atomic mass is 16.6. The van der Waals surface area contributed by atoms with Gasteiger partial charge in [-0.25, -0.2) is 4.90 Å². The highest BCUT2D eigenvalue weighted by molar-refractivity contribution is 6.34. The van der Waals surface area contributed by atoms with Gasteiger partial charge in [0.2, 0.25) is 5.75 Å². The Labute approximate surface area is 174 Å². The van der Waals surface area contributed by atoms with E-state index in [1.165, 1.54) is 18.2 Å². The summed E-state index contributed by atoms with van der Waals surface area (Å²) in [6, 6.07) is 14.0. The minimum atomic E-state index is -0.801. The number of nitro benzene ring substituents is 2. The van der Waals surface area contributed by atoms with Gasteiger partial charge in [-0.2, -0.15) is 0 Å². The van der Waals surface area contributed by atoms with Crippen LogP contribution in [0.15, 0.2) is 60.7 Å². The average Bonchev–Trinajstić information content (AvgIpc) is 2.98. The number of ether oxygens (including phenoxy) is 1. The zero-order valence-electron chi connectivity index (χ0n) is 16.0. The van der Waals surface area contributed by atoms with Crippen molar-refractivity contribution in [3.63, 3.8) is 0 Å². The standard InChI is InChI=1S/C21H13N3O7/c1-12-4-2-3-5-17(12)22-20(25)15-8-7-14(11-16(15)21(22)26)31-19-9-6-13(23(27)28)10-18(19)24(29)30/h2-11H,1H3. The third kappa shape index (κ3) is 3.35. The monoisotopic (exact) mass is 419 g/mol. The number of benzene rings is 3. The van der Waals surface area contributed by atoms with E-state index in [0.29, 0.717) is 5.69 Å². The van der Waals surface area contributed by atoms with Gasteiger partial charge in [0.15, 0.2) is 0 Å². The van der Waals surface area contributed by atoms with Gasteiger partial charge < -0.3 is 4.74 Å². The summed E-state index contributed by atoms with van der Waals surface area (Å²) in [5.74, 6) is -1.19. The number of nitrogens with zero attached hydrogens (tertiary/aromatic N) is 3. The first-order valence-electron chi connectivity index (χ1n) is 8.97. The maximum atomic E-state index is 12.9. The maximum absolute atomic E-state index is 12.9. The van der Waals surface area contributed by atoms with Crippen LogP contribution >= 0.6 is 0 Å². The van der Waals surface area contributed by atoms with Crippen molar-refractivity contribution in [2.45, 2.75) is 6.92 Å². The van der Waals surface area contributed by atoms with Crippen LogP contribution in [-0.4, -0.2) is 21.7 Å². The summed E-state index contributed by atoms with van der Waals surface area (Å²) in [5, 5.41) is 22.2. The molecule has 0 unspecified atom stereocenters. The van der Waals surface area contributed by atoms with Crippen molar-refractivity contribution < 1.29 is 24.2 Å². The number of nitro groups is 2. The van der Waals surface area contributed by atoms with Crippen molar-refractivity contribution in [1.82, 2.24) is 0 Å². The second-order valence-electron chi connectivity index (χ2n) is 6.71. The Balaban J connectivity index is 1.70. The Morgan fingerprint density at radius 1 is 0.839 bits per heavy atom. The molecular formula is C21H13N3O7. The van der Waals surface area contributed by atoms with Crippen molar-refractivity contribution in [1.29, 1.82) is 0 Å². The molecule has 10 heteroatoms. The molecule has 31 heavy (non-hydrogen) atoms. The molecule has 0 aromatic heterocycles. The van der Waals surface area contributed by atoms with Crippen molar-refractivity contribution in [2.75, 3.05) is 4.90 Å². The smallest absolute Gasteiger partial charge is 0.318 e. The number of hydrogen-bond acceptors (Lipinski definition) is 7. The highest BCUT2D eigenvalue weighted by Crippen LogP contribution is 2.37.